The van der Waals surface area contributed by atoms with Gasteiger partial charge in [0.05, 0.1) is 0 Å². The number of hydrogen-bond donors (Lipinski definition) is 0. The van der Waals surface area contributed by atoms with Crippen LogP contribution >= 0.6 is 23.2 Å². The van der Waals surface area contributed by atoms with Crippen molar-refractivity contribution in [2.75, 3.05) is 0 Å². The number of hydrogen-bond acceptors (Lipinski definition) is 2. The van der Waals surface area contributed by atoms with Crippen molar-refractivity contribution in [3.05, 3.63) is 0 Å². The van der Waals surface area contributed by atoms with Gasteiger partial charge in [-0.1, -0.05) is 0 Å². The van der Waals surface area contributed by atoms with Crippen molar-refractivity contribution in [3.8, 4) is 0 Å². The van der Waals surface area contributed by atoms with Gasteiger partial charge in [-0.25, -0.2) is 0 Å². The molecule has 44 valence electrons. The van der Waals surface area contributed by atoms with Crippen LogP contribution in [-0.2, 0) is 30.0 Å². The molecule has 0 aromatic carbocycles. The quantitative estimate of drug-likeness (QED) is 0.348. The van der Waals surface area contributed by atoms with E-state index in [1.807, 2.05) is 0 Å². The molecule has 0 aliphatic rings. The van der Waals surface area contributed by atoms with Crippen LogP contribution in [0.4, 0.5) is 0 Å². The van der Waals surface area contributed by atoms with Gasteiger partial charge in [0, 0.05) is 0 Å². The Labute approximate surface area is 64.8 Å². The van der Waals surface area contributed by atoms with Crippen molar-refractivity contribution in [1.82, 2.24) is 0 Å². The summed E-state index contributed by atoms with van der Waals surface area (Å²) in [7, 11) is 0. The van der Waals surface area contributed by atoms with Crippen LogP contribution in [-0.4, -0.2) is 11.5 Å². The van der Waals surface area contributed by atoms with Crippen LogP contribution in [0.25, 0.3) is 0 Å². The zero-order valence-electron chi connectivity index (χ0n) is 2.89. The van der Waals surface area contributed by atoms with Crippen molar-refractivity contribution in [2.45, 2.75) is 0 Å². The summed E-state index contributed by atoms with van der Waals surface area (Å²) in [6.07, 6.45) is 0. The first-order valence-corrected chi connectivity index (χ1v) is 1.54. The van der Waals surface area contributed by atoms with Gasteiger partial charge < -0.3 is 32.8 Å². The Morgan fingerprint density at radius 1 is 1.00 bits per heavy atom. The second kappa shape index (κ2) is 30.8. The number of carbonyl (C=O) groups excluding carboxylic acids is 2. The summed E-state index contributed by atoms with van der Waals surface area (Å²) in [5, 5.41) is 0. The summed E-state index contributed by atoms with van der Waals surface area (Å²) in [5.41, 5.74) is 0. The molecule has 2 nitrogen and oxygen atoms in total. The van der Waals surface area contributed by atoms with E-state index in [1.54, 1.807) is 0 Å². The van der Waals surface area contributed by atoms with Gasteiger partial charge in [0.15, 0.2) is 0 Å². The van der Waals surface area contributed by atoms with Crippen LogP contribution in [0.1, 0.15) is 0 Å². The van der Waals surface area contributed by atoms with Gasteiger partial charge >= 0.3 is 20.4 Å². The predicted octanol–water partition coefficient (Wildman–Crippen LogP) is 0.582. The summed E-state index contributed by atoms with van der Waals surface area (Å²) >= 11 is 8.39. The maximum Gasteiger partial charge on any atom is 2.00 e. The van der Waals surface area contributed by atoms with Gasteiger partial charge in [0.2, 0.25) is 0 Å². The van der Waals surface area contributed by atoms with Crippen molar-refractivity contribution in [3.63, 3.8) is 0 Å². The van der Waals surface area contributed by atoms with Crippen LogP contribution in [0.5, 0.6) is 0 Å². The van der Waals surface area contributed by atoms with Gasteiger partial charge in [0.1, 0.15) is 0 Å². The Bertz CT molecular complexity index is 34.7. The first kappa shape index (κ1) is 15.6. The van der Waals surface area contributed by atoms with E-state index in [9.17, 15) is 0 Å². The third kappa shape index (κ3) is 408. The fraction of sp³-hybridized carbons (Fsp3) is 0. The van der Waals surface area contributed by atoms with E-state index >= 15 is 0 Å². The topological polar surface area (TPSA) is 34.1 Å². The second-order valence-corrected chi connectivity index (χ2v) is 0.463. The first-order chi connectivity index (χ1) is 2.83. The van der Waals surface area contributed by atoms with Gasteiger partial charge in [-0.15, -0.1) is 0 Å². The molecule has 0 aromatic heterocycles. The number of rotatable bonds is 0. The van der Waals surface area contributed by atoms with E-state index in [-0.39, 0.29) is 20.4 Å². The largest absolute Gasteiger partial charge is 2.00 e. The summed E-state index contributed by atoms with van der Waals surface area (Å²) in [5.74, 6) is 1.94. The molecule has 0 spiro atoms. The maximum absolute atomic E-state index is 8.45. The molecule has 0 radical (unpaired) electrons. The molecule has 7 heavy (non-hydrogen) atoms. The zero-order chi connectivity index (χ0) is 5.41. The summed E-state index contributed by atoms with van der Waals surface area (Å²) in [6, 6.07) is 0. The average molecular weight is 233 g/mol. The van der Waals surface area contributed by atoms with E-state index in [0.717, 1.165) is 11.5 Å². The van der Waals surface area contributed by atoms with Crippen LogP contribution in [0, 0.1) is 0 Å². The fourth-order valence-corrected chi connectivity index (χ4v) is 0. The van der Waals surface area contributed by atoms with Crippen LogP contribution in [0.15, 0.2) is 0 Å². The smallest absolute Gasteiger partial charge is 0.525 e. The SMILES string of the molecule is O=[C-]Cl.O=[C-]Cl.[Pd+2]. The minimum absolute atomic E-state index is 0. The normalized spacial score (nSPS) is 3.71. The standard InChI is InChI=1S/2CClO.Pd/c2*2-1-3;/q2*-1;+2. The van der Waals surface area contributed by atoms with Crippen molar-refractivity contribution in [1.29, 1.82) is 0 Å². The van der Waals surface area contributed by atoms with Crippen LogP contribution in [0.3, 0.4) is 0 Å². The molecule has 0 atom stereocenters. The molecule has 0 fully saturated rings. The molecule has 0 amide bonds. The zero-order valence-corrected chi connectivity index (χ0v) is 5.96. The molecule has 0 rings (SSSR count). The Balaban J connectivity index is -0.0000000400. The van der Waals surface area contributed by atoms with Crippen LogP contribution < -0.4 is 0 Å². The monoisotopic (exact) mass is 232 g/mol. The molecular weight excluding hydrogens is 233 g/mol. The summed E-state index contributed by atoms with van der Waals surface area (Å²) in [6.45, 7) is 0. The molecule has 0 saturated heterocycles. The van der Waals surface area contributed by atoms with E-state index in [1.165, 1.54) is 0 Å². The Kier molecular flexibility index (Phi) is 68.8. The molecule has 0 aliphatic heterocycles. The predicted molar refractivity (Wildman–Crippen MR) is 23.1 cm³/mol. The van der Waals surface area contributed by atoms with E-state index in [2.05, 4.69) is 23.2 Å². The second-order valence-electron chi connectivity index (χ2n) is 0.154. The fourth-order valence-electron chi connectivity index (χ4n) is 0. The minimum atomic E-state index is 0. The third-order valence-corrected chi connectivity index (χ3v) is 0. The van der Waals surface area contributed by atoms with Crippen LogP contribution in [0.2, 0.25) is 0 Å². The molecule has 0 heterocycles. The molecular formula is C2Cl2O2Pd. The molecule has 5 heteroatoms. The Hall–Kier alpha value is 0.582. The minimum Gasteiger partial charge on any atom is -0.525 e. The van der Waals surface area contributed by atoms with Gasteiger partial charge in [-0.2, -0.15) is 11.5 Å². The molecule has 0 aliphatic carbocycles. The summed E-state index contributed by atoms with van der Waals surface area (Å²) < 4.78 is 0. The van der Waals surface area contributed by atoms with Crippen molar-refractivity contribution >= 4 is 34.7 Å². The third-order valence-electron chi connectivity index (χ3n) is 0. The van der Waals surface area contributed by atoms with E-state index < -0.39 is 0 Å². The number of halogens is 2. The molecule has 0 N–H and O–H groups in total. The van der Waals surface area contributed by atoms with Crippen molar-refractivity contribution in [2.24, 2.45) is 0 Å². The molecule has 0 unspecified atom stereocenters. The van der Waals surface area contributed by atoms with Gasteiger partial charge in [-0.05, 0) is 0 Å². The molecule has 0 saturated carbocycles. The molecule has 0 aromatic rings. The Morgan fingerprint density at radius 2 is 1.00 bits per heavy atom. The summed E-state index contributed by atoms with van der Waals surface area (Å²) in [4.78, 5) is 16.9. The van der Waals surface area contributed by atoms with Gasteiger partial charge in [-0.3, -0.25) is 0 Å². The average Bonchev–Trinajstić information content (AvgIpc) is 1.39. The Morgan fingerprint density at radius 3 is 1.00 bits per heavy atom. The van der Waals surface area contributed by atoms with Crippen molar-refractivity contribution < 1.29 is 30.0 Å². The van der Waals surface area contributed by atoms with E-state index in [4.69, 9.17) is 9.59 Å². The maximum atomic E-state index is 8.45. The molecule has 0 bridgehead atoms. The van der Waals surface area contributed by atoms with E-state index in [0.29, 0.717) is 0 Å². The van der Waals surface area contributed by atoms with Gasteiger partial charge in [0.25, 0.3) is 0 Å². The first-order valence-electron chi connectivity index (χ1n) is 0.786.